The molecule has 2 N–H and O–H groups in total. The van der Waals surface area contributed by atoms with E-state index in [1.165, 1.54) is 7.11 Å². The fourth-order valence-corrected chi connectivity index (χ4v) is 1.79. The number of benzene rings is 1. The molecule has 0 aliphatic heterocycles. The molecule has 0 radical (unpaired) electrons. The summed E-state index contributed by atoms with van der Waals surface area (Å²) in [5.74, 6) is 0.144. The molecule has 0 spiro atoms. The summed E-state index contributed by atoms with van der Waals surface area (Å²) in [7, 11) is 1.44. The monoisotopic (exact) mass is 263 g/mol. The number of hydrogen-bond acceptors (Lipinski definition) is 4. The van der Waals surface area contributed by atoms with Gasteiger partial charge in [-0.2, -0.15) is 0 Å². The van der Waals surface area contributed by atoms with Crippen LogP contribution in [-0.2, 0) is 15.1 Å². The van der Waals surface area contributed by atoms with Crippen molar-refractivity contribution < 1.29 is 19.1 Å². The first-order valence-corrected chi connectivity index (χ1v) is 6.00. The Morgan fingerprint density at radius 3 is 2.89 bits per heavy atom. The van der Waals surface area contributed by atoms with E-state index in [2.05, 4.69) is 5.32 Å². The van der Waals surface area contributed by atoms with E-state index in [0.717, 1.165) is 5.39 Å². The first-order chi connectivity index (χ1) is 9.03. The maximum Gasteiger partial charge on any atom is 0.246 e. The molecule has 2 rings (SSSR count). The zero-order chi connectivity index (χ0) is 13.9. The van der Waals surface area contributed by atoms with Crippen LogP contribution in [0.5, 0.6) is 0 Å². The third-order valence-electron chi connectivity index (χ3n) is 2.86. The summed E-state index contributed by atoms with van der Waals surface area (Å²) in [6, 6.07) is 9.28. The number of rotatable bonds is 5. The summed E-state index contributed by atoms with van der Waals surface area (Å²) in [4.78, 5) is 11.3. The smallest absolute Gasteiger partial charge is 0.246 e. The van der Waals surface area contributed by atoms with Gasteiger partial charge >= 0.3 is 0 Å². The van der Waals surface area contributed by atoms with E-state index in [-0.39, 0.29) is 19.1 Å². The second-order valence-electron chi connectivity index (χ2n) is 4.63. The van der Waals surface area contributed by atoms with Gasteiger partial charge in [0.25, 0.3) is 0 Å². The molecule has 1 amide bonds. The number of hydrogen-bond donors (Lipinski definition) is 2. The van der Waals surface area contributed by atoms with Crippen molar-refractivity contribution >= 4 is 16.9 Å². The van der Waals surface area contributed by atoms with Crippen LogP contribution in [0.15, 0.2) is 34.7 Å². The van der Waals surface area contributed by atoms with Gasteiger partial charge in [-0.1, -0.05) is 18.2 Å². The molecule has 2 aromatic rings. The zero-order valence-electron chi connectivity index (χ0n) is 11.0. The maximum atomic E-state index is 11.3. The standard InChI is InChI=1S/C14H17NO4/c1-14(17,9-15-13(16)8-18-2)12-7-10-5-3-4-6-11(10)19-12/h3-7,17H,8-9H2,1-2H3,(H,15,16)/t14-/m1/s1. The summed E-state index contributed by atoms with van der Waals surface area (Å²) >= 11 is 0. The van der Waals surface area contributed by atoms with Gasteiger partial charge in [0.2, 0.25) is 5.91 Å². The molecule has 102 valence electrons. The number of amides is 1. The SMILES string of the molecule is COCC(=O)NC[C@@](C)(O)c1cc2ccccc2o1. The van der Waals surface area contributed by atoms with Crippen LogP contribution in [0.25, 0.3) is 11.0 Å². The topological polar surface area (TPSA) is 71.7 Å². The Kier molecular flexibility index (Phi) is 3.87. The van der Waals surface area contributed by atoms with Gasteiger partial charge in [-0.25, -0.2) is 0 Å². The van der Waals surface area contributed by atoms with Gasteiger partial charge in [0.05, 0.1) is 6.54 Å². The summed E-state index contributed by atoms with van der Waals surface area (Å²) in [6.45, 7) is 1.63. The summed E-state index contributed by atoms with van der Waals surface area (Å²) in [5, 5.41) is 13.9. The highest BCUT2D eigenvalue weighted by molar-refractivity contribution is 5.78. The lowest BCUT2D eigenvalue weighted by Gasteiger charge is -2.20. The van der Waals surface area contributed by atoms with E-state index in [4.69, 9.17) is 9.15 Å². The van der Waals surface area contributed by atoms with E-state index in [1.54, 1.807) is 13.0 Å². The van der Waals surface area contributed by atoms with E-state index in [9.17, 15) is 9.90 Å². The molecule has 0 unspecified atom stereocenters. The zero-order valence-corrected chi connectivity index (χ0v) is 11.0. The molecule has 5 nitrogen and oxygen atoms in total. The molecule has 0 saturated heterocycles. The first kappa shape index (κ1) is 13.6. The molecular weight excluding hydrogens is 246 g/mol. The molecule has 0 saturated carbocycles. The third kappa shape index (κ3) is 3.13. The summed E-state index contributed by atoms with van der Waals surface area (Å²) in [6.07, 6.45) is 0. The molecule has 1 aromatic carbocycles. The predicted molar refractivity (Wildman–Crippen MR) is 70.7 cm³/mol. The van der Waals surface area contributed by atoms with E-state index in [1.807, 2.05) is 24.3 Å². The minimum absolute atomic E-state index is 0.0315. The molecule has 1 heterocycles. The molecular formula is C14H17NO4. The number of nitrogens with one attached hydrogen (secondary N) is 1. The van der Waals surface area contributed by atoms with Crippen molar-refractivity contribution in [3.8, 4) is 0 Å². The second kappa shape index (κ2) is 5.42. The average Bonchev–Trinajstić information content (AvgIpc) is 2.81. The number of para-hydroxylation sites is 1. The number of ether oxygens (including phenoxy) is 1. The number of carbonyl (C=O) groups excluding carboxylic acids is 1. The van der Waals surface area contributed by atoms with Crippen LogP contribution in [0.4, 0.5) is 0 Å². The molecule has 0 fully saturated rings. The summed E-state index contributed by atoms with van der Waals surface area (Å²) < 4.78 is 10.3. The van der Waals surface area contributed by atoms with Crippen molar-refractivity contribution in [3.05, 3.63) is 36.1 Å². The lowest BCUT2D eigenvalue weighted by atomic mass is 10.0. The van der Waals surface area contributed by atoms with Crippen LogP contribution in [0.2, 0.25) is 0 Å². The van der Waals surface area contributed by atoms with Crippen molar-refractivity contribution in [1.29, 1.82) is 0 Å². The molecule has 0 aliphatic rings. The Bertz CT molecular complexity index is 541. The van der Waals surface area contributed by atoms with Crippen molar-refractivity contribution in [3.63, 3.8) is 0 Å². The van der Waals surface area contributed by atoms with E-state index >= 15 is 0 Å². The molecule has 0 bridgehead atoms. The Labute approximate surface area is 111 Å². The van der Waals surface area contributed by atoms with Gasteiger partial charge < -0.3 is 19.6 Å². The van der Waals surface area contributed by atoms with Crippen LogP contribution in [0.3, 0.4) is 0 Å². The van der Waals surface area contributed by atoms with Gasteiger partial charge in [0.1, 0.15) is 23.6 Å². The highest BCUT2D eigenvalue weighted by Crippen LogP contribution is 2.27. The minimum Gasteiger partial charge on any atom is -0.458 e. The summed E-state index contributed by atoms with van der Waals surface area (Å²) in [5.41, 5.74) is -0.552. The molecule has 1 aromatic heterocycles. The quantitative estimate of drug-likeness (QED) is 0.855. The fraction of sp³-hybridized carbons (Fsp3) is 0.357. The Balaban J connectivity index is 2.12. The lowest BCUT2D eigenvalue weighted by Crippen LogP contribution is -2.39. The van der Waals surface area contributed by atoms with Crippen molar-refractivity contribution in [2.24, 2.45) is 0 Å². The second-order valence-corrected chi connectivity index (χ2v) is 4.63. The fourth-order valence-electron chi connectivity index (χ4n) is 1.79. The first-order valence-electron chi connectivity index (χ1n) is 6.00. The van der Waals surface area contributed by atoms with Gasteiger partial charge in [-0.3, -0.25) is 4.79 Å². The van der Waals surface area contributed by atoms with Crippen LogP contribution in [0.1, 0.15) is 12.7 Å². The normalized spacial score (nSPS) is 14.3. The lowest BCUT2D eigenvalue weighted by molar-refractivity contribution is -0.126. The number of carbonyl (C=O) groups is 1. The molecule has 0 aliphatic carbocycles. The number of aliphatic hydroxyl groups is 1. The largest absolute Gasteiger partial charge is 0.458 e. The Morgan fingerprint density at radius 1 is 1.47 bits per heavy atom. The van der Waals surface area contributed by atoms with Crippen molar-refractivity contribution in [2.75, 3.05) is 20.3 Å². The predicted octanol–water partition coefficient (Wildman–Crippen LogP) is 1.40. The van der Waals surface area contributed by atoms with Gasteiger partial charge in [0.15, 0.2) is 0 Å². The highest BCUT2D eigenvalue weighted by Gasteiger charge is 2.28. The van der Waals surface area contributed by atoms with Crippen molar-refractivity contribution in [2.45, 2.75) is 12.5 Å². The maximum absolute atomic E-state index is 11.3. The van der Waals surface area contributed by atoms with Crippen LogP contribution >= 0.6 is 0 Å². The molecule has 5 heteroatoms. The number of methoxy groups -OCH3 is 1. The molecule has 1 atom stereocenters. The van der Waals surface area contributed by atoms with Crippen molar-refractivity contribution in [1.82, 2.24) is 5.32 Å². The Hall–Kier alpha value is -1.85. The van der Waals surface area contributed by atoms with E-state index < -0.39 is 5.60 Å². The number of fused-ring (bicyclic) bond motifs is 1. The van der Waals surface area contributed by atoms with Crippen LogP contribution in [0, 0.1) is 0 Å². The van der Waals surface area contributed by atoms with Crippen LogP contribution < -0.4 is 5.32 Å². The van der Waals surface area contributed by atoms with Gasteiger partial charge in [-0.15, -0.1) is 0 Å². The molecule has 19 heavy (non-hydrogen) atoms. The average molecular weight is 263 g/mol. The van der Waals surface area contributed by atoms with Gasteiger partial charge in [-0.05, 0) is 19.1 Å². The minimum atomic E-state index is -1.26. The van der Waals surface area contributed by atoms with E-state index in [0.29, 0.717) is 11.3 Å². The third-order valence-corrected chi connectivity index (χ3v) is 2.86. The number of furan rings is 1. The van der Waals surface area contributed by atoms with Gasteiger partial charge in [0, 0.05) is 12.5 Å². The Morgan fingerprint density at radius 2 is 2.21 bits per heavy atom. The van der Waals surface area contributed by atoms with Crippen LogP contribution in [-0.4, -0.2) is 31.3 Å². The highest BCUT2D eigenvalue weighted by atomic mass is 16.5.